The number of H-pyrrole nitrogens is 1. The third-order valence-electron chi connectivity index (χ3n) is 2.64. The fraction of sp³-hybridized carbons (Fsp3) is 0.364. The number of tetrazole rings is 1. The molecule has 0 aliphatic rings. The molecule has 18 heavy (non-hydrogen) atoms. The SMILES string of the molecule is COc1ccc(CNC(C)c2nn[nH]n2)c(O)c1. The van der Waals surface area contributed by atoms with Crippen molar-refractivity contribution in [2.24, 2.45) is 0 Å². The molecule has 1 aromatic carbocycles. The van der Waals surface area contributed by atoms with E-state index >= 15 is 0 Å². The first kappa shape index (κ1) is 12.3. The number of methoxy groups -OCH3 is 1. The molecule has 2 aromatic rings. The topological polar surface area (TPSA) is 96.0 Å². The zero-order valence-corrected chi connectivity index (χ0v) is 10.2. The van der Waals surface area contributed by atoms with E-state index in [1.807, 2.05) is 13.0 Å². The highest BCUT2D eigenvalue weighted by Crippen LogP contribution is 2.23. The first-order chi connectivity index (χ1) is 8.70. The van der Waals surface area contributed by atoms with Crippen LogP contribution in [0.25, 0.3) is 0 Å². The smallest absolute Gasteiger partial charge is 0.191 e. The number of aromatic nitrogens is 4. The molecule has 1 heterocycles. The molecule has 1 atom stereocenters. The summed E-state index contributed by atoms with van der Waals surface area (Å²) in [5.41, 5.74) is 0.783. The van der Waals surface area contributed by atoms with Crippen molar-refractivity contribution in [3.8, 4) is 11.5 Å². The van der Waals surface area contributed by atoms with Gasteiger partial charge in [-0.05, 0) is 13.0 Å². The maximum atomic E-state index is 9.80. The number of hydrogen-bond acceptors (Lipinski definition) is 6. The number of aromatic amines is 1. The monoisotopic (exact) mass is 249 g/mol. The Bertz CT molecular complexity index is 500. The van der Waals surface area contributed by atoms with Crippen LogP contribution in [0.15, 0.2) is 18.2 Å². The second-order valence-corrected chi connectivity index (χ2v) is 3.87. The summed E-state index contributed by atoms with van der Waals surface area (Å²) in [4.78, 5) is 0. The molecule has 0 aliphatic carbocycles. The Kier molecular flexibility index (Phi) is 3.73. The molecule has 0 radical (unpaired) electrons. The van der Waals surface area contributed by atoms with Gasteiger partial charge in [-0.2, -0.15) is 5.21 Å². The minimum Gasteiger partial charge on any atom is -0.507 e. The van der Waals surface area contributed by atoms with Crippen LogP contribution in [0.4, 0.5) is 0 Å². The fourth-order valence-corrected chi connectivity index (χ4v) is 1.53. The Balaban J connectivity index is 1.98. The minimum absolute atomic E-state index is 0.0507. The molecule has 0 spiro atoms. The highest BCUT2D eigenvalue weighted by molar-refractivity contribution is 5.39. The van der Waals surface area contributed by atoms with Crippen LogP contribution in [0, 0.1) is 0 Å². The summed E-state index contributed by atoms with van der Waals surface area (Å²) in [7, 11) is 1.56. The van der Waals surface area contributed by atoms with E-state index in [-0.39, 0.29) is 11.8 Å². The third-order valence-corrected chi connectivity index (χ3v) is 2.64. The Hall–Kier alpha value is -2.15. The quantitative estimate of drug-likeness (QED) is 0.724. The van der Waals surface area contributed by atoms with Crippen LogP contribution in [0.3, 0.4) is 0 Å². The summed E-state index contributed by atoms with van der Waals surface area (Å²) in [6.07, 6.45) is 0. The average molecular weight is 249 g/mol. The van der Waals surface area contributed by atoms with Gasteiger partial charge in [-0.1, -0.05) is 11.3 Å². The summed E-state index contributed by atoms with van der Waals surface area (Å²) >= 11 is 0. The predicted molar refractivity (Wildman–Crippen MR) is 64.1 cm³/mol. The summed E-state index contributed by atoms with van der Waals surface area (Å²) in [6.45, 7) is 2.43. The minimum atomic E-state index is -0.0507. The molecule has 96 valence electrons. The number of phenols is 1. The lowest BCUT2D eigenvalue weighted by molar-refractivity contribution is 0.405. The van der Waals surface area contributed by atoms with E-state index in [2.05, 4.69) is 25.9 Å². The summed E-state index contributed by atoms with van der Waals surface area (Å²) in [5.74, 6) is 1.41. The molecule has 0 bridgehead atoms. The largest absolute Gasteiger partial charge is 0.507 e. The lowest BCUT2D eigenvalue weighted by Gasteiger charge is -2.11. The average Bonchev–Trinajstić information content (AvgIpc) is 2.90. The number of aromatic hydroxyl groups is 1. The molecular formula is C11H15N5O2. The first-order valence-corrected chi connectivity index (χ1v) is 5.53. The van der Waals surface area contributed by atoms with Crippen molar-refractivity contribution in [3.05, 3.63) is 29.6 Å². The zero-order valence-electron chi connectivity index (χ0n) is 10.2. The van der Waals surface area contributed by atoms with Gasteiger partial charge in [-0.25, -0.2) is 0 Å². The molecule has 0 saturated carbocycles. The Labute approximate surface area is 104 Å². The van der Waals surface area contributed by atoms with Crippen LogP contribution in [0.2, 0.25) is 0 Å². The number of ether oxygens (including phenoxy) is 1. The molecule has 7 nitrogen and oxygen atoms in total. The van der Waals surface area contributed by atoms with E-state index < -0.39 is 0 Å². The molecular weight excluding hydrogens is 234 g/mol. The fourth-order valence-electron chi connectivity index (χ4n) is 1.53. The normalized spacial score (nSPS) is 12.3. The number of rotatable bonds is 5. The van der Waals surface area contributed by atoms with Crippen LogP contribution in [-0.4, -0.2) is 32.8 Å². The second kappa shape index (κ2) is 5.46. The van der Waals surface area contributed by atoms with Gasteiger partial charge >= 0.3 is 0 Å². The highest BCUT2D eigenvalue weighted by atomic mass is 16.5. The molecule has 1 unspecified atom stereocenters. The van der Waals surface area contributed by atoms with Gasteiger partial charge in [0.05, 0.1) is 13.2 Å². The van der Waals surface area contributed by atoms with Gasteiger partial charge in [-0.15, -0.1) is 10.2 Å². The highest BCUT2D eigenvalue weighted by Gasteiger charge is 2.10. The van der Waals surface area contributed by atoms with Gasteiger partial charge in [0.2, 0.25) is 0 Å². The lowest BCUT2D eigenvalue weighted by Crippen LogP contribution is -2.19. The van der Waals surface area contributed by atoms with Gasteiger partial charge in [0.25, 0.3) is 0 Å². The van der Waals surface area contributed by atoms with Crippen LogP contribution in [0.1, 0.15) is 24.4 Å². The van der Waals surface area contributed by atoms with Crippen LogP contribution in [0.5, 0.6) is 11.5 Å². The van der Waals surface area contributed by atoms with Crippen molar-refractivity contribution < 1.29 is 9.84 Å². The van der Waals surface area contributed by atoms with Crippen LogP contribution >= 0.6 is 0 Å². The standard InChI is InChI=1S/C11H15N5O2/c1-7(11-13-15-16-14-11)12-6-8-3-4-9(18-2)5-10(8)17/h3-5,7,12,17H,6H2,1-2H3,(H,13,14,15,16). The van der Waals surface area contributed by atoms with Gasteiger partial charge in [0.15, 0.2) is 5.82 Å². The maximum Gasteiger partial charge on any atom is 0.191 e. The Morgan fingerprint density at radius 2 is 2.33 bits per heavy atom. The van der Waals surface area contributed by atoms with Crippen LogP contribution < -0.4 is 10.1 Å². The molecule has 0 fully saturated rings. The number of nitrogens with zero attached hydrogens (tertiary/aromatic N) is 3. The molecule has 0 aliphatic heterocycles. The lowest BCUT2D eigenvalue weighted by atomic mass is 10.2. The molecule has 2 rings (SSSR count). The first-order valence-electron chi connectivity index (χ1n) is 5.53. The van der Waals surface area contributed by atoms with Crippen molar-refractivity contribution in [2.75, 3.05) is 7.11 Å². The van der Waals surface area contributed by atoms with Crippen molar-refractivity contribution in [2.45, 2.75) is 19.5 Å². The van der Waals surface area contributed by atoms with Crippen molar-refractivity contribution >= 4 is 0 Å². The molecule has 0 amide bonds. The maximum absolute atomic E-state index is 9.80. The van der Waals surface area contributed by atoms with E-state index in [0.29, 0.717) is 18.1 Å². The Morgan fingerprint density at radius 3 is 2.94 bits per heavy atom. The molecule has 1 aromatic heterocycles. The van der Waals surface area contributed by atoms with Gasteiger partial charge < -0.3 is 15.2 Å². The number of phenolic OH excluding ortho intramolecular Hbond substituents is 1. The van der Waals surface area contributed by atoms with Crippen molar-refractivity contribution in [1.29, 1.82) is 0 Å². The van der Waals surface area contributed by atoms with Crippen LogP contribution in [-0.2, 0) is 6.54 Å². The van der Waals surface area contributed by atoms with E-state index in [0.717, 1.165) is 5.56 Å². The Morgan fingerprint density at radius 1 is 1.50 bits per heavy atom. The molecule has 7 heteroatoms. The number of hydrogen-bond donors (Lipinski definition) is 3. The number of benzene rings is 1. The van der Waals surface area contributed by atoms with E-state index in [9.17, 15) is 5.11 Å². The van der Waals surface area contributed by atoms with E-state index in [1.165, 1.54) is 0 Å². The van der Waals surface area contributed by atoms with Crippen molar-refractivity contribution in [1.82, 2.24) is 25.9 Å². The predicted octanol–water partition coefficient (Wildman–Crippen LogP) is 0.765. The third kappa shape index (κ3) is 2.75. The molecule has 0 saturated heterocycles. The molecule has 3 N–H and O–H groups in total. The van der Waals surface area contributed by atoms with E-state index in [1.54, 1.807) is 19.2 Å². The van der Waals surface area contributed by atoms with Gasteiger partial charge in [-0.3, -0.25) is 0 Å². The summed E-state index contributed by atoms with van der Waals surface area (Å²) in [6, 6.07) is 5.14. The van der Waals surface area contributed by atoms with Crippen molar-refractivity contribution in [3.63, 3.8) is 0 Å². The van der Waals surface area contributed by atoms with Gasteiger partial charge in [0.1, 0.15) is 11.5 Å². The number of nitrogens with one attached hydrogen (secondary N) is 2. The summed E-state index contributed by atoms with van der Waals surface area (Å²) < 4.78 is 5.02. The zero-order chi connectivity index (χ0) is 13.0. The summed E-state index contributed by atoms with van der Waals surface area (Å²) in [5, 5.41) is 26.7. The van der Waals surface area contributed by atoms with E-state index in [4.69, 9.17) is 4.74 Å². The van der Waals surface area contributed by atoms with Gasteiger partial charge in [0, 0.05) is 18.2 Å². The second-order valence-electron chi connectivity index (χ2n) is 3.87.